The molecule has 2 aliphatic heterocycles. The third kappa shape index (κ3) is 2.86. The molecule has 2 amide bonds. The molecule has 0 aliphatic carbocycles. The fourth-order valence-corrected chi connectivity index (χ4v) is 4.30. The van der Waals surface area contributed by atoms with Crippen LogP contribution in [0.4, 0.5) is 10.1 Å². The molecule has 0 N–H and O–H groups in total. The average molecular weight is 383 g/mol. The van der Waals surface area contributed by atoms with Crippen molar-refractivity contribution in [1.29, 1.82) is 0 Å². The van der Waals surface area contributed by atoms with Crippen molar-refractivity contribution in [3.63, 3.8) is 0 Å². The molecule has 4 rings (SSSR count). The van der Waals surface area contributed by atoms with Gasteiger partial charge in [-0.2, -0.15) is 0 Å². The Morgan fingerprint density at radius 3 is 2.61 bits per heavy atom. The first-order valence-electron chi connectivity index (χ1n) is 9.31. The number of carbonyl (C=O) groups is 2. The molecule has 0 saturated carbocycles. The number of β-lactam (4-membered cyclic amide) rings is 1. The van der Waals surface area contributed by atoms with Gasteiger partial charge in [-0.3, -0.25) is 14.6 Å². The van der Waals surface area contributed by atoms with E-state index >= 15 is 0 Å². The van der Waals surface area contributed by atoms with E-state index in [1.165, 1.54) is 19.2 Å². The largest absolute Gasteiger partial charge is 0.369 e. The van der Waals surface area contributed by atoms with Gasteiger partial charge in [0.25, 0.3) is 11.8 Å². The van der Waals surface area contributed by atoms with E-state index in [1.54, 1.807) is 34.2 Å². The summed E-state index contributed by atoms with van der Waals surface area (Å²) in [7, 11) is 1.52. The number of likely N-dealkylation sites (tertiary alicyclic amines) is 1. The standard InChI is InChI=1S/C21H22FN3O3/c1-14-6-7-15(13-23-14)19(26)24-10-8-21(9-11-24)18(28-2)20(27)25(21)17-5-3-4-16(22)12-17/h3-7,12-13,18H,8-11H2,1-2H3. The maximum atomic E-state index is 13.7. The molecule has 6 nitrogen and oxygen atoms in total. The van der Waals surface area contributed by atoms with Gasteiger partial charge in [0.15, 0.2) is 6.10 Å². The van der Waals surface area contributed by atoms with Gasteiger partial charge < -0.3 is 14.5 Å². The van der Waals surface area contributed by atoms with Crippen LogP contribution in [-0.4, -0.2) is 53.5 Å². The maximum absolute atomic E-state index is 13.7. The molecule has 3 heterocycles. The molecule has 1 aromatic heterocycles. The van der Waals surface area contributed by atoms with Crippen LogP contribution >= 0.6 is 0 Å². The normalized spacial score (nSPS) is 21.0. The van der Waals surface area contributed by atoms with Gasteiger partial charge >= 0.3 is 0 Å². The number of hydrogen-bond donors (Lipinski definition) is 0. The van der Waals surface area contributed by atoms with Crippen LogP contribution < -0.4 is 4.90 Å². The van der Waals surface area contributed by atoms with E-state index in [2.05, 4.69) is 4.98 Å². The number of hydrogen-bond acceptors (Lipinski definition) is 4. The van der Waals surface area contributed by atoms with Crippen LogP contribution in [0.5, 0.6) is 0 Å². The first kappa shape index (κ1) is 18.6. The van der Waals surface area contributed by atoms with Crippen molar-refractivity contribution >= 4 is 17.5 Å². The van der Waals surface area contributed by atoms with Gasteiger partial charge in [-0.25, -0.2) is 4.39 Å². The van der Waals surface area contributed by atoms with Crippen LogP contribution in [0, 0.1) is 12.7 Å². The summed E-state index contributed by atoms with van der Waals surface area (Å²) in [5.41, 5.74) is 1.38. The number of rotatable bonds is 3. The summed E-state index contributed by atoms with van der Waals surface area (Å²) in [6.45, 7) is 2.86. The van der Waals surface area contributed by atoms with E-state index in [0.717, 1.165) is 5.69 Å². The van der Waals surface area contributed by atoms with Gasteiger partial charge in [0.05, 0.1) is 11.1 Å². The molecule has 1 aromatic carbocycles. The van der Waals surface area contributed by atoms with E-state index in [0.29, 0.717) is 37.2 Å². The Morgan fingerprint density at radius 2 is 2.00 bits per heavy atom. The number of amides is 2. The molecule has 2 aromatic rings. The lowest BCUT2D eigenvalue weighted by Crippen LogP contribution is -2.78. The number of pyridine rings is 1. The highest BCUT2D eigenvalue weighted by molar-refractivity contribution is 6.07. The summed E-state index contributed by atoms with van der Waals surface area (Å²) in [5.74, 6) is -0.629. The van der Waals surface area contributed by atoms with Gasteiger partial charge in [0.1, 0.15) is 5.82 Å². The van der Waals surface area contributed by atoms with Gasteiger partial charge in [-0.05, 0) is 50.1 Å². The third-order valence-electron chi connectivity index (χ3n) is 5.75. The number of methoxy groups -OCH3 is 1. The van der Waals surface area contributed by atoms with Crippen LogP contribution in [-0.2, 0) is 9.53 Å². The fraction of sp³-hybridized carbons (Fsp3) is 0.381. The number of carbonyl (C=O) groups excluding carboxylic acids is 2. The summed E-state index contributed by atoms with van der Waals surface area (Å²) in [6, 6.07) is 9.62. The van der Waals surface area contributed by atoms with Crippen LogP contribution in [0.15, 0.2) is 42.6 Å². The number of aryl methyl sites for hydroxylation is 1. The number of anilines is 1. The summed E-state index contributed by atoms with van der Waals surface area (Å²) in [5, 5.41) is 0. The monoisotopic (exact) mass is 383 g/mol. The minimum Gasteiger partial charge on any atom is -0.369 e. The summed E-state index contributed by atoms with van der Waals surface area (Å²) in [6.07, 6.45) is 2.15. The minimum absolute atomic E-state index is 0.0701. The van der Waals surface area contributed by atoms with Gasteiger partial charge in [0, 0.05) is 37.8 Å². The SMILES string of the molecule is COC1C(=O)N(c2cccc(F)c2)C12CCN(C(=O)c1ccc(C)nc1)CC2. The molecule has 0 radical (unpaired) electrons. The molecule has 2 fully saturated rings. The van der Waals surface area contributed by atoms with E-state index < -0.39 is 11.6 Å². The Kier molecular flexibility index (Phi) is 4.63. The first-order valence-corrected chi connectivity index (χ1v) is 9.31. The van der Waals surface area contributed by atoms with E-state index in [9.17, 15) is 14.0 Å². The lowest BCUT2D eigenvalue weighted by Gasteiger charge is -2.59. The average Bonchev–Trinajstić information content (AvgIpc) is 2.69. The van der Waals surface area contributed by atoms with Gasteiger partial charge in [-0.1, -0.05) is 6.07 Å². The zero-order valence-electron chi connectivity index (χ0n) is 15.9. The lowest BCUT2D eigenvalue weighted by molar-refractivity contribution is -0.150. The lowest BCUT2D eigenvalue weighted by atomic mass is 9.72. The predicted octanol–water partition coefficient (Wildman–Crippen LogP) is 2.57. The van der Waals surface area contributed by atoms with E-state index in [1.807, 2.05) is 13.0 Å². The topological polar surface area (TPSA) is 62.7 Å². The first-order chi connectivity index (χ1) is 13.5. The maximum Gasteiger partial charge on any atom is 0.259 e. The molecule has 2 aliphatic rings. The second kappa shape index (κ2) is 6.98. The Bertz CT molecular complexity index is 907. The number of nitrogens with zero attached hydrogens (tertiary/aromatic N) is 3. The number of aromatic nitrogens is 1. The second-order valence-corrected chi connectivity index (χ2v) is 7.35. The van der Waals surface area contributed by atoms with Crippen molar-refractivity contribution in [2.24, 2.45) is 0 Å². The highest BCUT2D eigenvalue weighted by Crippen LogP contribution is 2.45. The molecule has 1 atom stereocenters. The summed E-state index contributed by atoms with van der Waals surface area (Å²) in [4.78, 5) is 33.0. The molecule has 2 saturated heterocycles. The Hall–Kier alpha value is -2.80. The van der Waals surface area contributed by atoms with Crippen molar-refractivity contribution in [3.8, 4) is 0 Å². The Balaban J connectivity index is 1.54. The van der Waals surface area contributed by atoms with Crippen molar-refractivity contribution in [3.05, 3.63) is 59.7 Å². The fourth-order valence-electron chi connectivity index (χ4n) is 4.30. The molecule has 0 bridgehead atoms. The zero-order chi connectivity index (χ0) is 19.9. The molecule has 1 unspecified atom stereocenters. The molecular formula is C21H22FN3O3. The zero-order valence-corrected chi connectivity index (χ0v) is 15.9. The Labute approximate surface area is 162 Å². The van der Waals surface area contributed by atoms with Crippen LogP contribution in [0.3, 0.4) is 0 Å². The van der Waals surface area contributed by atoms with Gasteiger partial charge in [-0.15, -0.1) is 0 Å². The quantitative estimate of drug-likeness (QED) is 0.765. The van der Waals surface area contributed by atoms with Crippen molar-refractivity contribution in [2.75, 3.05) is 25.1 Å². The number of halogens is 1. The van der Waals surface area contributed by atoms with Crippen molar-refractivity contribution in [2.45, 2.75) is 31.4 Å². The van der Waals surface area contributed by atoms with Crippen molar-refractivity contribution < 1.29 is 18.7 Å². The molecule has 7 heteroatoms. The van der Waals surface area contributed by atoms with Gasteiger partial charge in [0.2, 0.25) is 0 Å². The molecule has 28 heavy (non-hydrogen) atoms. The Morgan fingerprint density at radius 1 is 1.25 bits per heavy atom. The third-order valence-corrected chi connectivity index (χ3v) is 5.75. The molecular weight excluding hydrogens is 361 g/mol. The van der Waals surface area contributed by atoms with E-state index in [-0.39, 0.29) is 17.6 Å². The van der Waals surface area contributed by atoms with Crippen molar-refractivity contribution in [1.82, 2.24) is 9.88 Å². The molecule has 146 valence electrons. The second-order valence-electron chi connectivity index (χ2n) is 7.35. The number of piperidine rings is 1. The van der Waals surface area contributed by atoms with Crippen LogP contribution in [0.2, 0.25) is 0 Å². The minimum atomic E-state index is -0.575. The highest BCUT2D eigenvalue weighted by atomic mass is 19.1. The summed E-state index contributed by atoms with van der Waals surface area (Å²) >= 11 is 0. The molecule has 1 spiro atoms. The van der Waals surface area contributed by atoms with E-state index in [4.69, 9.17) is 4.74 Å². The summed E-state index contributed by atoms with van der Waals surface area (Å²) < 4.78 is 19.2. The van der Waals surface area contributed by atoms with Crippen LogP contribution in [0.25, 0.3) is 0 Å². The number of benzene rings is 1. The smallest absolute Gasteiger partial charge is 0.259 e. The predicted molar refractivity (Wildman–Crippen MR) is 102 cm³/mol. The highest BCUT2D eigenvalue weighted by Gasteiger charge is 2.62. The van der Waals surface area contributed by atoms with Crippen LogP contribution in [0.1, 0.15) is 28.9 Å². The number of ether oxygens (including phenoxy) is 1.